The third kappa shape index (κ3) is 5.82. The maximum atomic E-state index is 13.6. The van der Waals surface area contributed by atoms with Crippen LogP contribution in [0.3, 0.4) is 0 Å². The number of fused-ring (bicyclic) bond motifs is 1. The lowest BCUT2D eigenvalue weighted by atomic mass is 10.2. The molecule has 12 heteroatoms. The molecule has 1 aliphatic heterocycles. The van der Waals surface area contributed by atoms with Crippen molar-refractivity contribution in [2.75, 3.05) is 29.9 Å². The first kappa shape index (κ1) is 24.6. The van der Waals surface area contributed by atoms with Gasteiger partial charge in [0.1, 0.15) is 5.75 Å². The maximum Gasteiger partial charge on any atom is 0.308 e. The van der Waals surface area contributed by atoms with Gasteiger partial charge in [0.2, 0.25) is 5.91 Å². The third-order valence-corrected chi connectivity index (χ3v) is 4.73. The number of para-hydroxylation sites is 2. The van der Waals surface area contributed by atoms with Crippen molar-refractivity contribution < 1.29 is 41.8 Å². The molecule has 0 spiro atoms. The van der Waals surface area contributed by atoms with E-state index >= 15 is 0 Å². The summed E-state index contributed by atoms with van der Waals surface area (Å²) in [6.07, 6.45) is -0.918. The summed E-state index contributed by atoms with van der Waals surface area (Å²) in [7, 11) is 0. The van der Waals surface area contributed by atoms with Crippen LogP contribution in [0.15, 0.2) is 36.4 Å². The Kier molecular flexibility index (Phi) is 7.71. The fraction of sp³-hybridized carbons (Fsp3) is 0.273. The summed E-state index contributed by atoms with van der Waals surface area (Å²) in [5, 5.41) is 4.12. The van der Waals surface area contributed by atoms with Crippen molar-refractivity contribution in [3.05, 3.63) is 53.8 Å². The second-order valence-corrected chi connectivity index (χ2v) is 7.18. The predicted molar refractivity (Wildman–Crippen MR) is 112 cm³/mol. The number of nitrogens with one attached hydrogen (secondary N) is 2. The van der Waals surface area contributed by atoms with Gasteiger partial charge in [0, 0.05) is 6.54 Å². The fourth-order valence-electron chi connectivity index (χ4n) is 3.06. The van der Waals surface area contributed by atoms with E-state index in [1.807, 2.05) is 5.32 Å². The lowest BCUT2D eigenvalue weighted by molar-refractivity contribution is -0.148. The van der Waals surface area contributed by atoms with E-state index in [-0.39, 0.29) is 18.9 Å². The molecule has 1 unspecified atom stereocenters. The van der Waals surface area contributed by atoms with E-state index in [1.165, 1.54) is 4.90 Å². The van der Waals surface area contributed by atoms with Crippen LogP contribution in [0.4, 0.5) is 24.5 Å². The first-order valence-corrected chi connectivity index (χ1v) is 10.1. The minimum atomic E-state index is -1.74. The van der Waals surface area contributed by atoms with Crippen LogP contribution < -0.4 is 20.3 Å². The fourth-order valence-corrected chi connectivity index (χ4v) is 3.06. The van der Waals surface area contributed by atoms with Crippen molar-refractivity contribution in [3.8, 4) is 5.75 Å². The van der Waals surface area contributed by atoms with Gasteiger partial charge < -0.3 is 25.0 Å². The van der Waals surface area contributed by atoms with Crippen LogP contribution in [0.25, 0.3) is 0 Å². The van der Waals surface area contributed by atoms with Crippen molar-refractivity contribution in [1.29, 1.82) is 0 Å². The largest absolute Gasteiger partial charge is 0.479 e. The molecular formula is C22H20F3N3O6. The number of amides is 3. The summed E-state index contributed by atoms with van der Waals surface area (Å²) in [4.78, 5) is 49.4. The molecule has 1 aliphatic rings. The topological polar surface area (TPSA) is 114 Å². The molecule has 9 nitrogen and oxygen atoms in total. The Morgan fingerprint density at radius 1 is 1.06 bits per heavy atom. The van der Waals surface area contributed by atoms with Gasteiger partial charge in [0.15, 0.2) is 30.2 Å². The van der Waals surface area contributed by atoms with Crippen LogP contribution in [-0.4, -0.2) is 49.5 Å². The SMILES string of the molecule is CC1Oc2ccccc2N(CCC(=O)OCC(=O)NCC(=O)Nc2ccc(F)c(F)c2F)C1=O. The van der Waals surface area contributed by atoms with Crippen molar-refractivity contribution in [2.45, 2.75) is 19.4 Å². The van der Waals surface area contributed by atoms with E-state index in [0.29, 0.717) is 17.5 Å². The average Bonchev–Trinajstić information content (AvgIpc) is 2.82. The Labute approximate surface area is 191 Å². The number of anilines is 2. The number of nitrogens with zero attached hydrogens (tertiary/aromatic N) is 1. The van der Waals surface area contributed by atoms with Gasteiger partial charge in [0.05, 0.1) is 24.3 Å². The molecule has 0 fully saturated rings. The highest BCUT2D eigenvalue weighted by atomic mass is 19.2. The molecule has 3 rings (SSSR count). The normalized spacial score (nSPS) is 14.6. The smallest absolute Gasteiger partial charge is 0.308 e. The number of carbonyl (C=O) groups excluding carboxylic acids is 4. The Morgan fingerprint density at radius 3 is 2.56 bits per heavy atom. The van der Waals surface area contributed by atoms with Crippen molar-refractivity contribution in [1.82, 2.24) is 5.32 Å². The van der Waals surface area contributed by atoms with E-state index in [4.69, 9.17) is 9.47 Å². The molecule has 180 valence electrons. The molecule has 2 aromatic rings. The van der Waals surface area contributed by atoms with Crippen LogP contribution in [0.5, 0.6) is 5.75 Å². The summed E-state index contributed by atoms with van der Waals surface area (Å²) >= 11 is 0. The molecule has 34 heavy (non-hydrogen) atoms. The summed E-state index contributed by atoms with van der Waals surface area (Å²) < 4.78 is 50.0. The average molecular weight is 479 g/mol. The maximum absolute atomic E-state index is 13.6. The summed E-state index contributed by atoms with van der Waals surface area (Å²) in [5.74, 6) is -7.06. The minimum Gasteiger partial charge on any atom is -0.479 e. The van der Waals surface area contributed by atoms with Gasteiger partial charge in [0.25, 0.3) is 11.8 Å². The zero-order valence-corrected chi connectivity index (χ0v) is 17.9. The molecular weight excluding hydrogens is 459 g/mol. The van der Waals surface area contributed by atoms with E-state index < -0.39 is 60.2 Å². The summed E-state index contributed by atoms with van der Waals surface area (Å²) in [5.41, 5.74) is -0.0854. The zero-order valence-electron chi connectivity index (χ0n) is 17.9. The van der Waals surface area contributed by atoms with E-state index in [0.717, 1.165) is 6.07 Å². The quantitative estimate of drug-likeness (QED) is 0.442. The second kappa shape index (κ2) is 10.7. The Morgan fingerprint density at radius 2 is 1.79 bits per heavy atom. The first-order chi connectivity index (χ1) is 16.2. The number of hydrogen-bond donors (Lipinski definition) is 2. The van der Waals surface area contributed by atoms with Crippen molar-refractivity contribution in [2.24, 2.45) is 0 Å². The lowest BCUT2D eigenvalue weighted by Gasteiger charge is -2.32. The molecule has 2 N–H and O–H groups in total. The highest BCUT2D eigenvalue weighted by Gasteiger charge is 2.31. The second-order valence-electron chi connectivity index (χ2n) is 7.18. The molecule has 0 aromatic heterocycles. The number of halogens is 3. The van der Waals surface area contributed by atoms with Gasteiger partial charge in [-0.2, -0.15) is 0 Å². The zero-order chi connectivity index (χ0) is 24.8. The molecule has 1 atom stereocenters. The monoisotopic (exact) mass is 479 g/mol. The van der Waals surface area contributed by atoms with E-state index in [9.17, 15) is 32.3 Å². The van der Waals surface area contributed by atoms with Gasteiger partial charge in [-0.15, -0.1) is 0 Å². The van der Waals surface area contributed by atoms with Gasteiger partial charge >= 0.3 is 5.97 Å². The summed E-state index contributed by atoms with van der Waals surface area (Å²) in [6.45, 7) is 0.263. The number of benzene rings is 2. The summed E-state index contributed by atoms with van der Waals surface area (Å²) in [6, 6.07) is 8.31. The first-order valence-electron chi connectivity index (χ1n) is 10.1. The number of esters is 1. The Balaban J connectivity index is 1.41. The van der Waals surface area contributed by atoms with Crippen molar-refractivity contribution in [3.63, 3.8) is 0 Å². The number of hydrogen-bond acceptors (Lipinski definition) is 6. The molecule has 0 bridgehead atoms. The molecule has 0 saturated carbocycles. The van der Waals surface area contributed by atoms with Gasteiger partial charge in [-0.25, -0.2) is 13.2 Å². The molecule has 0 radical (unpaired) electrons. The molecule has 1 heterocycles. The Bertz CT molecular complexity index is 1130. The molecule has 0 saturated heterocycles. The minimum absolute atomic E-state index is 0.00615. The van der Waals surface area contributed by atoms with Crippen LogP contribution in [0, 0.1) is 17.5 Å². The van der Waals surface area contributed by atoms with E-state index in [2.05, 4.69) is 5.32 Å². The third-order valence-electron chi connectivity index (χ3n) is 4.73. The van der Waals surface area contributed by atoms with Crippen LogP contribution in [0.1, 0.15) is 13.3 Å². The predicted octanol–water partition coefficient (Wildman–Crippen LogP) is 1.91. The van der Waals surface area contributed by atoms with Crippen molar-refractivity contribution >= 4 is 35.1 Å². The van der Waals surface area contributed by atoms with Gasteiger partial charge in [-0.3, -0.25) is 19.2 Å². The number of ether oxygens (including phenoxy) is 2. The van der Waals surface area contributed by atoms with Crippen LogP contribution in [0.2, 0.25) is 0 Å². The standard InChI is InChI=1S/C22H20F3N3O6/c1-12-22(32)28(15-4-2-3-5-16(15)34-12)9-8-19(31)33-11-18(30)26-10-17(29)27-14-7-6-13(23)20(24)21(14)25/h2-7,12H,8-11H2,1H3,(H,26,30)(H,27,29). The highest BCUT2D eigenvalue weighted by Crippen LogP contribution is 2.33. The van der Waals surface area contributed by atoms with Crippen LogP contribution >= 0.6 is 0 Å². The molecule has 0 aliphatic carbocycles. The highest BCUT2D eigenvalue weighted by molar-refractivity contribution is 6.00. The molecule has 3 amide bonds. The molecule has 2 aromatic carbocycles. The van der Waals surface area contributed by atoms with Crippen LogP contribution in [-0.2, 0) is 23.9 Å². The lowest BCUT2D eigenvalue weighted by Crippen LogP contribution is -2.45. The number of rotatable bonds is 8. The van der Waals surface area contributed by atoms with E-state index in [1.54, 1.807) is 31.2 Å². The Hall–Kier alpha value is -4.09. The van der Waals surface area contributed by atoms with Gasteiger partial charge in [-0.1, -0.05) is 12.1 Å². The number of carbonyl (C=O) groups is 4. The van der Waals surface area contributed by atoms with Gasteiger partial charge in [-0.05, 0) is 31.2 Å².